The molecule has 1 aliphatic carbocycles. The lowest BCUT2D eigenvalue weighted by Gasteiger charge is -2.17. The third-order valence-corrected chi connectivity index (χ3v) is 6.40. The summed E-state index contributed by atoms with van der Waals surface area (Å²) in [5, 5.41) is 7.20. The van der Waals surface area contributed by atoms with Crippen molar-refractivity contribution in [2.24, 2.45) is 0 Å². The van der Waals surface area contributed by atoms with Gasteiger partial charge in [0, 0.05) is 24.2 Å². The van der Waals surface area contributed by atoms with Gasteiger partial charge in [0.1, 0.15) is 17.3 Å². The van der Waals surface area contributed by atoms with Crippen molar-refractivity contribution in [3.63, 3.8) is 0 Å². The fraction of sp³-hybridized carbons (Fsp3) is 0.250. The molecule has 1 aliphatic rings. The molecule has 168 valence electrons. The standard InChI is InChI=1S/C24H22BrFN6O/c25-20-11-16-13-29-24(31-22(16)32(23(20)33)19-3-1-2-4-19)30-21-10-9-18(14-28-21)27-12-15-5-7-17(26)8-6-15/h5-11,13-14,19,27H,1-4,12H2,(H,28,29,30,31). The molecular weight excluding hydrogens is 487 g/mol. The Hall–Kier alpha value is -3.33. The van der Waals surface area contributed by atoms with Crippen LogP contribution in [-0.2, 0) is 6.54 Å². The molecule has 0 unspecified atom stereocenters. The monoisotopic (exact) mass is 508 g/mol. The van der Waals surface area contributed by atoms with Crippen LogP contribution in [0.4, 0.5) is 21.8 Å². The minimum Gasteiger partial charge on any atom is -0.380 e. The Morgan fingerprint density at radius 3 is 2.58 bits per heavy atom. The number of benzene rings is 1. The topological polar surface area (TPSA) is 84.7 Å². The number of pyridine rings is 2. The van der Waals surface area contributed by atoms with Crippen molar-refractivity contribution in [3.05, 3.63) is 81.1 Å². The average molecular weight is 509 g/mol. The van der Waals surface area contributed by atoms with E-state index in [1.807, 2.05) is 12.1 Å². The number of aromatic nitrogens is 4. The molecule has 1 fully saturated rings. The van der Waals surface area contributed by atoms with Crippen LogP contribution >= 0.6 is 15.9 Å². The Morgan fingerprint density at radius 2 is 1.85 bits per heavy atom. The van der Waals surface area contributed by atoms with Gasteiger partial charge in [-0.25, -0.2) is 14.4 Å². The second-order valence-electron chi connectivity index (χ2n) is 8.12. The van der Waals surface area contributed by atoms with E-state index in [9.17, 15) is 9.18 Å². The maximum atomic E-state index is 13.0. The Labute approximate surface area is 198 Å². The van der Waals surface area contributed by atoms with Crippen LogP contribution in [0.5, 0.6) is 0 Å². The lowest BCUT2D eigenvalue weighted by molar-refractivity contribution is 0.514. The smallest absolute Gasteiger partial charge is 0.266 e. The fourth-order valence-corrected chi connectivity index (χ4v) is 4.58. The number of anilines is 3. The second kappa shape index (κ2) is 9.27. The number of nitrogens with zero attached hydrogens (tertiary/aromatic N) is 4. The minimum absolute atomic E-state index is 0.0613. The van der Waals surface area contributed by atoms with E-state index >= 15 is 0 Å². The summed E-state index contributed by atoms with van der Waals surface area (Å²) in [6.07, 6.45) is 7.62. The van der Waals surface area contributed by atoms with Crippen molar-refractivity contribution in [1.82, 2.24) is 19.5 Å². The molecule has 1 saturated carbocycles. The summed E-state index contributed by atoms with van der Waals surface area (Å²) in [5.41, 5.74) is 2.38. The molecule has 0 bridgehead atoms. The first-order chi connectivity index (χ1) is 16.1. The summed E-state index contributed by atoms with van der Waals surface area (Å²) >= 11 is 3.39. The zero-order valence-electron chi connectivity index (χ0n) is 17.8. The summed E-state index contributed by atoms with van der Waals surface area (Å²) in [5.74, 6) is 0.726. The highest BCUT2D eigenvalue weighted by Crippen LogP contribution is 2.31. The number of fused-ring (bicyclic) bond motifs is 1. The largest absolute Gasteiger partial charge is 0.380 e. The molecule has 9 heteroatoms. The lowest BCUT2D eigenvalue weighted by atomic mass is 10.2. The molecule has 0 saturated heterocycles. The maximum Gasteiger partial charge on any atom is 0.266 e. The molecule has 2 N–H and O–H groups in total. The average Bonchev–Trinajstić information content (AvgIpc) is 3.35. The SMILES string of the molecule is O=c1c(Br)cc2cnc(Nc3ccc(NCc4ccc(F)cc4)cn3)nc2n1C1CCCC1. The molecule has 5 rings (SSSR count). The fourth-order valence-electron chi connectivity index (χ4n) is 4.14. The van der Waals surface area contributed by atoms with Crippen molar-refractivity contribution in [3.8, 4) is 0 Å². The Balaban J connectivity index is 1.34. The normalized spacial score (nSPS) is 14.0. The molecule has 0 amide bonds. The number of hydrogen-bond donors (Lipinski definition) is 2. The summed E-state index contributed by atoms with van der Waals surface area (Å²) < 4.78 is 15.4. The van der Waals surface area contributed by atoms with Gasteiger partial charge >= 0.3 is 0 Å². The molecule has 0 atom stereocenters. The highest BCUT2D eigenvalue weighted by Gasteiger charge is 2.22. The van der Waals surface area contributed by atoms with Gasteiger partial charge in [0.15, 0.2) is 0 Å². The third-order valence-electron chi connectivity index (χ3n) is 5.83. The summed E-state index contributed by atoms with van der Waals surface area (Å²) in [7, 11) is 0. The maximum absolute atomic E-state index is 13.0. The Morgan fingerprint density at radius 1 is 1.06 bits per heavy atom. The summed E-state index contributed by atoms with van der Waals surface area (Å²) in [6.45, 7) is 0.566. The van der Waals surface area contributed by atoms with E-state index in [2.05, 4.69) is 41.5 Å². The number of rotatable bonds is 6. The van der Waals surface area contributed by atoms with Gasteiger partial charge in [-0.2, -0.15) is 4.98 Å². The van der Waals surface area contributed by atoms with Crippen LogP contribution in [0.15, 0.2) is 64.1 Å². The van der Waals surface area contributed by atoms with Crippen LogP contribution in [-0.4, -0.2) is 19.5 Å². The molecule has 7 nitrogen and oxygen atoms in total. The zero-order chi connectivity index (χ0) is 22.8. The minimum atomic E-state index is -0.250. The van der Waals surface area contributed by atoms with E-state index in [0.717, 1.165) is 42.3 Å². The van der Waals surface area contributed by atoms with Crippen LogP contribution in [0.2, 0.25) is 0 Å². The molecule has 1 aromatic carbocycles. The van der Waals surface area contributed by atoms with E-state index in [-0.39, 0.29) is 17.4 Å². The van der Waals surface area contributed by atoms with Gasteiger partial charge in [0.05, 0.1) is 16.4 Å². The molecule has 3 heterocycles. The molecule has 33 heavy (non-hydrogen) atoms. The van der Waals surface area contributed by atoms with Gasteiger partial charge in [-0.1, -0.05) is 25.0 Å². The molecule has 3 aromatic heterocycles. The van der Waals surface area contributed by atoms with E-state index in [0.29, 0.717) is 28.4 Å². The van der Waals surface area contributed by atoms with Crippen molar-refractivity contribution >= 4 is 44.4 Å². The molecule has 0 radical (unpaired) electrons. The number of halogens is 2. The van der Waals surface area contributed by atoms with Gasteiger partial charge in [0.2, 0.25) is 5.95 Å². The van der Waals surface area contributed by atoms with Crippen LogP contribution in [0.1, 0.15) is 37.3 Å². The van der Waals surface area contributed by atoms with E-state index in [4.69, 9.17) is 0 Å². The first-order valence-electron chi connectivity index (χ1n) is 10.9. The predicted molar refractivity (Wildman–Crippen MR) is 130 cm³/mol. The first kappa shape index (κ1) is 21.5. The second-order valence-corrected chi connectivity index (χ2v) is 8.97. The Bertz CT molecular complexity index is 1330. The van der Waals surface area contributed by atoms with Crippen molar-refractivity contribution in [2.45, 2.75) is 38.3 Å². The number of nitrogens with one attached hydrogen (secondary N) is 2. The van der Waals surface area contributed by atoms with Crippen LogP contribution in [0.3, 0.4) is 0 Å². The van der Waals surface area contributed by atoms with E-state index in [1.165, 1.54) is 12.1 Å². The van der Waals surface area contributed by atoms with Crippen LogP contribution in [0, 0.1) is 5.82 Å². The van der Waals surface area contributed by atoms with Crippen LogP contribution in [0.25, 0.3) is 11.0 Å². The highest BCUT2D eigenvalue weighted by molar-refractivity contribution is 9.10. The molecule has 0 aliphatic heterocycles. The van der Waals surface area contributed by atoms with Gasteiger partial charge in [-0.3, -0.25) is 9.36 Å². The summed E-state index contributed by atoms with van der Waals surface area (Å²) in [4.78, 5) is 26.3. The molecule has 4 aromatic rings. The van der Waals surface area contributed by atoms with Gasteiger partial charge in [-0.15, -0.1) is 0 Å². The summed E-state index contributed by atoms with van der Waals surface area (Å²) in [6, 6.07) is 12.0. The molecular formula is C24H22BrFN6O. The van der Waals surface area contributed by atoms with E-state index < -0.39 is 0 Å². The van der Waals surface area contributed by atoms with E-state index in [1.54, 1.807) is 35.2 Å². The van der Waals surface area contributed by atoms with Crippen LogP contribution < -0.4 is 16.2 Å². The highest BCUT2D eigenvalue weighted by atomic mass is 79.9. The van der Waals surface area contributed by atoms with Gasteiger partial charge in [0.25, 0.3) is 5.56 Å². The predicted octanol–water partition coefficient (Wildman–Crippen LogP) is 5.56. The number of hydrogen-bond acceptors (Lipinski definition) is 6. The first-order valence-corrected chi connectivity index (χ1v) is 11.7. The van der Waals surface area contributed by atoms with Crippen molar-refractivity contribution in [2.75, 3.05) is 10.6 Å². The third kappa shape index (κ3) is 4.73. The zero-order valence-corrected chi connectivity index (χ0v) is 19.3. The molecule has 0 spiro atoms. The Kier molecular flexibility index (Phi) is 6.04. The lowest BCUT2D eigenvalue weighted by Crippen LogP contribution is -2.25. The van der Waals surface area contributed by atoms with Crippen molar-refractivity contribution < 1.29 is 4.39 Å². The quantitative estimate of drug-likeness (QED) is 0.354. The van der Waals surface area contributed by atoms with Crippen molar-refractivity contribution in [1.29, 1.82) is 0 Å². The van der Waals surface area contributed by atoms with Gasteiger partial charge < -0.3 is 10.6 Å². The van der Waals surface area contributed by atoms with Gasteiger partial charge in [-0.05, 0) is 64.7 Å².